The van der Waals surface area contributed by atoms with E-state index in [4.69, 9.17) is 0 Å². The Labute approximate surface area is 133 Å². The molecule has 0 fully saturated rings. The molecule has 1 atom stereocenters. The molecule has 0 spiro atoms. The van der Waals surface area contributed by atoms with Gasteiger partial charge in [0.25, 0.3) is 0 Å². The highest BCUT2D eigenvalue weighted by atomic mass is 79.9. The molecular weight excluding hydrogens is 326 g/mol. The monoisotopic (exact) mass is 343 g/mol. The molecule has 1 heterocycles. The van der Waals surface area contributed by atoms with Crippen LogP contribution in [0.2, 0.25) is 0 Å². The van der Waals surface area contributed by atoms with Crippen molar-refractivity contribution in [2.24, 2.45) is 0 Å². The van der Waals surface area contributed by atoms with Crippen molar-refractivity contribution in [2.45, 2.75) is 19.5 Å². The van der Waals surface area contributed by atoms with Gasteiger partial charge in [-0.25, -0.2) is 4.98 Å². The van der Waals surface area contributed by atoms with E-state index in [0.29, 0.717) is 0 Å². The van der Waals surface area contributed by atoms with Gasteiger partial charge in [-0.1, -0.05) is 34.1 Å². The first-order valence-electron chi connectivity index (χ1n) is 7.10. The summed E-state index contributed by atoms with van der Waals surface area (Å²) < 4.78 is 3.28. The quantitative estimate of drug-likeness (QED) is 0.771. The minimum absolute atomic E-state index is 0.105. The molecule has 1 N–H and O–H groups in total. The van der Waals surface area contributed by atoms with E-state index in [1.807, 2.05) is 19.4 Å². The van der Waals surface area contributed by atoms with Crippen LogP contribution in [0.25, 0.3) is 10.8 Å². The highest BCUT2D eigenvalue weighted by molar-refractivity contribution is 9.10. The molecule has 0 aliphatic heterocycles. The van der Waals surface area contributed by atoms with E-state index in [0.717, 1.165) is 16.8 Å². The molecule has 0 saturated heterocycles. The van der Waals surface area contributed by atoms with Crippen LogP contribution >= 0.6 is 15.9 Å². The van der Waals surface area contributed by atoms with Gasteiger partial charge in [0.15, 0.2) is 0 Å². The molecule has 0 radical (unpaired) electrons. The lowest BCUT2D eigenvalue weighted by molar-refractivity contribution is 0.591. The molecule has 0 saturated carbocycles. The topological polar surface area (TPSA) is 29.9 Å². The van der Waals surface area contributed by atoms with E-state index in [2.05, 4.69) is 74.1 Å². The fourth-order valence-electron chi connectivity index (χ4n) is 2.71. The number of rotatable bonds is 4. The van der Waals surface area contributed by atoms with Crippen molar-refractivity contribution in [3.8, 4) is 0 Å². The molecule has 1 unspecified atom stereocenters. The molecule has 4 heteroatoms. The zero-order chi connectivity index (χ0) is 14.8. The number of aromatic nitrogens is 2. The number of halogens is 1. The van der Waals surface area contributed by atoms with Gasteiger partial charge in [0, 0.05) is 23.4 Å². The standard InChI is InChI=1S/C17H18BrN3/c1-3-21-9-8-20-17(21)16(19-2)14-5-4-13-11-15(18)7-6-12(13)10-14/h4-11,16,19H,3H2,1-2H3. The Morgan fingerprint density at radius 2 is 1.95 bits per heavy atom. The van der Waals surface area contributed by atoms with Crippen molar-refractivity contribution in [1.82, 2.24) is 14.9 Å². The van der Waals surface area contributed by atoms with Gasteiger partial charge in [-0.3, -0.25) is 0 Å². The fraction of sp³-hybridized carbons (Fsp3) is 0.235. The summed E-state index contributed by atoms with van der Waals surface area (Å²) >= 11 is 3.52. The summed E-state index contributed by atoms with van der Waals surface area (Å²) in [7, 11) is 1.98. The number of aryl methyl sites for hydroxylation is 1. The maximum absolute atomic E-state index is 4.52. The van der Waals surface area contributed by atoms with E-state index < -0.39 is 0 Å². The van der Waals surface area contributed by atoms with Gasteiger partial charge in [-0.2, -0.15) is 0 Å². The molecule has 2 aromatic carbocycles. The number of hydrogen-bond donors (Lipinski definition) is 1. The van der Waals surface area contributed by atoms with E-state index in [1.165, 1.54) is 16.3 Å². The summed E-state index contributed by atoms with van der Waals surface area (Å²) in [5.41, 5.74) is 1.23. The number of imidazole rings is 1. The number of nitrogens with zero attached hydrogens (tertiary/aromatic N) is 2. The normalized spacial score (nSPS) is 12.7. The molecule has 1 aromatic heterocycles. The van der Waals surface area contributed by atoms with Crippen LogP contribution in [0.5, 0.6) is 0 Å². The molecule has 21 heavy (non-hydrogen) atoms. The van der Waals surface area contributed by atoms with E-state index in [9.17, 15) is 0 Å². The third-order valence-corrected chi connectivity index (χ3v) is 4.29. The van der Waals surface area contributed by atoms with E-state index >= 15 is 0 Å². The molecule has 3 aromatic rings. The molecular formula is C17H18BrN3. The predicted molar refractivity (Wildman–Crippen MR) is 90.5 cm³/mol. The Morgan fingerprint density at radius 3 is 2.71 bits per heavy atom. The Balaban J connectivity index is 2.07. The van der Waals surface area contributed by atoms with Crippen molar-refractivity contribution in [3.63, 3.8) is 0 Å². The Kier molecular flexibility index (Phi) is 4.08. The molecule has 0 amide bonds. The second kappa shape index (κ2) is 6.00. The van der Waals surface area contributed by atoms with Crippen LogP contribution < -0.4 is 5.32 Å². The Morgan fingerprint density at radius 1 is 1.19 bits per heavy atom. The second-order valence-electron chi connectivity index (χ2n) is 5.04. The van der Waals surface area contributed by atoms with Crippen LogP contribution in [0.3, 0.4) is 0 Å². The van der Waals surface area contributed by atoms with Gasteiger partial charge in [0.2, 0.25) is 0 Å². The first-order valence-corrected chi connectivity index (χ1v) is 7.89. The lowest BCUT2D eigenvalue weighted by atomic mass is 10.0. The van der Waals surface area contributed by atoms with Crippen LogP contribution in [-0.4, -0.2) is 16.6 Å². The van der Waals surface area contributed by atoms with Gasteiger partial charge >= 0.3 is 0 Å². The minimum atomic E-state index is 0.105. The highest BCUT2D eigenvalue weighted by Gasteiger charge is 2.17. The third-order valence-electron chi connectivity index (χ3n) is 3.79. The van der Waals surface area contributed by atoms with Crippen LogP contribution in [0.15, 0.2) is 53.3 Å². The van der Waals surface area contributed by atoms with Crippen molar-refractivity contribution in [1.29, 1.82) is 0 Å². The van der Waals surface area contributed by atoms with Crippen LogP contribution in [-0.2, 0) is 6.54 Å². The fourth-order valence-corrected chi connectivity index (χ4v) is 3.09. The zero-order valence-corrected chi connectivity index (χ0v) is 13.8. The summed E-state index contributed by atoms with van der Waals surface area (Å²) in [6, 6.07) is 13.0. The largest absolute Gasteiger partial charge is 0.334 e. The summed E-state index contributed by atoms with van der Waals surface area (Å²) in [6.45, 7) is 3.06. The maximum Gasteiger partial charge on any atom is 0.130 e. The Bertz CT molecular complexity index is 764. The third kappa shape index (κ3) is 2.74. The molecule has 3 nitrogen and oxygen atoms in total. The van der Waals surface area contributed by atoms with Gasteiger partial charge < -0.3 is 9.88 Å². The first kappa shape index (κ1) is 14.3. The Hall–Kier alpha value is -1.65. The van der Waals surface area contributed by atoms with Gasteiger partial charge in [-0.05, 0) is 48.5 Å². The van der Waals surface area contributed by atoms with Crippen LogP contribution in [0, 0.1) is 0 Å². The summed E-state index contributed by atoms with van der Waals surface area (Å²) in [5.74, 6) is 1.05. The molecule has 108 valence electrons. The number of fused-ring (bicyclic) bond motifs is 1. The first-order chi connectivity index (χ1) is 10.2. The lowest BCUT2D eigenvalue weighted by Crippen LogP contribution is -2.21. The molecule has 0 aliphatic rings. The maximum atomic E-state index is 4.52. The number of benzene rings is 2. The summed E-state index contributed by atoms with van der Waals surface area (Å²) in [5, 5.41) is 5.86. The van der Waals surface area contributed by atoms with Crippen molar-refractivity contribution in [3.05, 3.63) is 64.7 Å². The molecule has 3 rings (SSSR count). The lowest BCUT2D eigenvalue weighted by Gasteiger charge is -2.18. The summed E-state index contributed by atoms with van der Waals surface area (Å²) in [4.78, 5) is 4.52. The number of hydrogen-bond acceptors (Lipinski definition) is 2. The van der Waals surface area contributed by atoms with Gasteiger partial charge in [-0.15, -0.1) is 0 Å². The van der Waals surface area contributed by atoms with E-state index in [1.54, 1.807) is 0 Å². The van der Waals surface area contributed by atoms with Crippen molar-refractivity contribution < 1.29 is 0 Å². The summed E-state index contributed by atoms with van der Waals surface area (Å²) in [6.07, 6.45) is 3.89. The second-order valence-corrected chi connectivity index (χ2v) is 5.96. The van der Waals surface area contributed by atoms with Crippen molar-refractivity contribution in [2.75, 3.05) is 7.05 Å². The SMILES string of the molecule is CCn1ccnc1C(NC)c1ccc2cc(Br)ccc2c1. The minimum Gasteiger partial charge on any atom is -0.334 e. The predicted octanol–water partition coefficient (Wildman–Crippen LogP) is 4.13. The van der Waals surface area contributed by atoms with Gasteiger partial charge in [0.05, 0.1) is 6.04 Å². The average Bonchev–Trinajstić information content (AvgIpc) is 2.96. The van der Waals surface area contributed by atoms with Crippen LogP contribution in [0.1, 0.15) is 24.4 Å². The number of nitrogens with one attached hydrogen (secondary N) is 1. The smallest absolute Gasteiger partial charge is 0.130 e. The van der Waals surface area contributed by atoms with Crippen LogP contribution in [0.4, 0.5) is 0 Å². The van der Waals surface area contributed by atoms with E-state index in [-0.39, 0.29) is 6.04 Å². The van der Waals surface area contributed by atoms with Crippen molar-refractivity contribution >= 4 is 26.7 Å². The molecule has 0 bridgehead atoms. The zero-order valence-electron chi connectivity index (χ0n) is 12.2. The highest BCUT2D eigenvalue weighted by Crippen LogP contribution is 2.26. The average molecular weight is 344 g/mol. The molecule has 0 aliphatic carbocycles. The van der Waals surface area contributed by atoms with Gasteiger partial charge in [0.1, 0.15) is 5.82 Å².